The highest BCUT2D eigenvalue weighted by atomic mass is 15.4. The van der Waals surface area contributed by atoms with E-state index in [0.29, 0.717) is 12.0 Å². The monoisotopic (exact) mass is 151 g/mol. The summed E-state index contributed by atoms with van der Waals surface area (Å²) in [6.07, 6.45) is 4.63. The first-order chi connectivity index (χ1) is 5.27. The minimum absolute atomic E-state index is 0.502. The van der Waals surface area contributed by atoms with E-state index in [4.69, 9.17) is 0 Å². The van der Waals surface area contributed by atoms with E-state index in [1.165, 1.54) is 12.8 Å². The summed E-state index contributed by atoms with van der Waals surface area (Å²) in [6.45, 7) is 4.28. The van der Waals surface area contributed by atoms with Gasteiger partial charge < -0.3 is 0 Å². The normalized spacial score (nSPS) is 17.7. The molecule has 0 unspecified atom stereocenters. The molecule has 3 nitrogen and oxygen atoms in total. The molecule has 0 bridgehead atoms. The van der Waals surface area contributed by atoms with Crippen LogP contribution in [0, 0.1) is 0 Å². The van der Waals surface area contributed by atoms with E-state index in [0.717, 1.165) is 5.69 Å². The van der Waals surface area contributed by atoms with Crippen molar-refractivity contribution in [3.05, 3.63) is 11.9 Å². The maximum Gasteiger partial charge on any atom is 0.0852 e. The van der Waals surface area contributed by atoms with Crippen LogP contribution in [-0.4, -0.2) is 15.0 Å². The maximum absolute atomic E-state index is 4.09. The van der Waals surface area contributed by atoms with Gasteiger partial charge in [0, 0.05) is 6.20 Å². The van der Waals surface area contributed by atoms with E-state index in [-0.39, 0.29) is 0 Å². The molecule has 0 aromatic carbocycles. The fourth-order valence-electron chi connectivity index (χ4n) is 1.07. The van der Waals surface area contributed by atoms with Gasteiger partial charge >= 0.3 is 0 Å². The summed E-state index contributed by atoms with van der Waals surface area (Å²) in [5.41, 5.74) is 1.11. The third kappa shape index (κ3) is 1.27. The van der Waals surface area contributed by atoms with E-state index < -0.39 is 0 Å². The predicted molar refractivity (Wildman–Crippen MR) is 42.4 cm³/mol. The molecule has 0 N–H and O–H groups in total. The standard InChI is InChI=1S/C8H13N3/c1-6(2)8-5-11(10-9-8)7-3-4-7/h5-7H,3-4H2,1-2H3. The van der Waals surface area contributed by atoms with Gasteiger partial charge in [0.1, 0.15) is 0 Å². The van der Waals surface area contributed by atoms with Gasteiger partial charge in [0.05, 0.1) is 11.7 Å². The molecule has 0 atom stereocenters. The van der Waals surface area contributed by atoms with Crippen molar-refractivity contribution in [2.45, 2.75) is 38.6 Å². The molecule has 0 radical (unpaired) electrons. The van der Waals surface area contributed by atoms with E-state index in [1.807, 2.05) is 4.68 Å². The molecule has 1 heterocycles. The zero-order chi connectivity index (χ0) is 7.84. The molecule has 1 aliphatic carbocycles. The van der Waals surface area contributed by atoms with Crippen LogP contribution in [-0.2, 0) is 0 Å². The zero-order valence-electron chi connectivity index (χ0n) is 6.99. The first-order valence-electron chi connectivity index (χ1n) is 4.19. The van der Waals surface area contributed by atoms with Crippen LogP contribution >= 0.6 is 0 Å². The molecule has 0 spiro atoms. The Morgan fingerprint density at radius 2 is 2.27 bits per heavy atom. The summed E-state index contributed by atoms with van der Waals surface area (Å²) in [6, 6.07) is 0.662. The first-order valence-corrected chi connectivity index (χ1v) is 4.19. The molecule has 1 aliphatic rings. The van der Waals surface area contributed by atoms with Crippen molar-refractivity contribution >= 4 is 0 Å². The van der Waals surface area contributed by atoms with Crippen LogP contribution in [0.15, 0.2) is 6.20 Å². The van der Waals surface area contributed by atoms with Crippen LogP contribution in [0.2, 0.25) is 0 Å². The van der Waals surface area contributed by atoms with Gasteiger partial charge in [-0.05, 0) is 18.8 Å². The molecule has 1 aromatic heterocycles. The summed E-state index contributed by atoms with van der Waals surface area (Å²) in [4.78, 5) is 0. The second kappa shape index (κ2) is 2.32. The molecule has 60 valence electrons. The van der Waals surface area contributed by atoms with Gasteiger partial charge in [-0.1, -0.05) is 19.1 Å². The van der Waals surface area contributed by atoms with Gasteiger partial charge in [0.15, 0.2) is 0 Å². The predicted octanol–water partition coefficient (Wildman–Crippen LogP) is 1.74. The Hall–Kier alpha value is -0.860. The van der Waals surface area contributed by atoms with Crippen LogP contribution < -0.4 is 0 Å². The van der Waals surface area contributed by atoms with Crippen LogP contribution in [0.25, 0.3) is 0 Å². The number of rotatable bonds is 2. The lowest BCUT2D eigenvalue weighted by Gasteiger charge is -1.95. The lowest BCUT2D eigenvalue weighted by atomic mass is 10.2. The van der Waals surface area contributed by atoms with Crippen molar-refractivity contribution in [2.75, 3.05) is 0 Å². The van der Waals surface area contributed by atoms with Crippen LogP contribution in [0.5, 0.6) is 0 Å². The quantitative estimate of drug-likeness (QED) is 0.644. The Morgan fingerprint density at radius 3 is 2.73 bits per heavy atom. The molecule has 1 fully saturated rings. The average Bonchev–Trinajstić information content (AvgIpc) is 2.68. The number of nitrogens with zero attached hydrogens (tertiary/aromatic N) is 3. The molecule has 1 saturated carbocycles. The van der Waals surface area contributed by atoms with E-state index >= 15 is 0 Å². The van der Waals surface area contributed by atoms with Crippen LogP contribution in [0.4, 0.5) is 0 Å². The molecule has 1 aromatic rings. The Kier molecular flexibility index (Phi) is 1.44. The molecule has 11 heavy (non-hydrogen) atoms. The van der Waals surface area contributed by atoms with Crippen molar-refractivity contribution < 1.29 is 0 Å². The fourth-order valence-corrected chi connectivity index (χ4v) is 1.07. The molecule has 3 heteroatoms. The third-order valence-electron chi connectivity index (χ3n) is 2.04. The van der Waals surface area contributed by atoms with E-state index in [1.54, 1.807) is 0 Å². The second-order valence-corrected chi connectivity index (χ2v) is 3.51. The molecule has 0 saturated heterocycles. The highest BCUT2D eigenvalue weighted by Crippen LogP contribution is 2.34. The number of hydrogen-bond donors (Lipinski definition) is 0. The zero-order valence-corrected chi connectivity index (χ0v) is 6.99. The van der Waals surface area contributed by atoms with Gasteiger partial charge in [0.25, 0.3) is 0 Å². The lowest BCUT2D eigenvalue weighted by molar-refractivity contribution is 0.610. The van der Waals surface area contributed by atoms with Crippen molar-refractivity contribution in [1.29, 1.82) is 0 Å². The summed E-state index contributed by atoms with van der Waals surface area (Å²) in [5, 5.41) is 8.16. The summed E-state index contributed by atoms with van der Waals surface area (Å²) in [7, 11) is 0. The Labute approximate surface area is 66.4 Å². The minimum Gasteiger partial charge on any atom is -0.249 e. The maximum atomic E-state index is 4.09. The molecule has 2 rings (SSSR count). The molecular formula is C8H13N3. The highest BCUT2D eigenvalue weighted by Gasteiger charge is 2.24. The molecule has 0 aliphatic heterocycles. The second-order valence-electron chi connectivity index (χ2n) is 3.51. The minimum atomic E-state index is 0.502. The first kappa shape index (κ1) is 6.83. The van der Waals surface area contributed by atoms with E-state index in [9.17, 15) is 0 Å². The van der Waals surface area contributed by atoms with Crippen molar-refractivity contribution in [3.8, 4) is 0 Å². The Bertz CT molecular complexity index is 231. The summed E-state index contributed by atoms with van der Waals surface area (Å²) < 4.78 is 2.00. The summed E-state index contributed by atoms with van der Waals surface area (Å²) >= 11 is 0. The van der Waals surface area contributed by atoms with Gasteiger partial charge in [-0.2, -0.15) is 0 Å². The lowest BCUT2D eigenvalue weighted by Crippen LogP contribution is -1.93. The molecule has 0 amide bonds. The van der Waals surface area contributed by atoms with Gasteiger partial charge in [0.2, 0.25) is 0 Å². The smallest absolute Gasteiger partial charge is 0.0852 e. The largest absolute Gasteiger partial charge is 0.249 e. The summed E-state index contributed by atoms with van der Waals surface area (Å²) in [5.74, 6) is 0.502. The SMILES string of the molecule is CC(C)c1cn(C2CC2)nn1. The topological polar surface area (TPSA) is 30.7 Å². The van der Waals surface area contributed by atoms with Gasteiger partial charge in [-0.15, -0.1) is 5.10 Å². The van der Waals surface area contributed by atoms with Crippen molar-refractivity contribution in [3.63, 3.8) is 0 Å². The van der Waals surface area contributed by atoms with Gasteiger partial charge in [-0.25, -0.2) is 4.68 Å². The van der Waals surface area contributed by atoms with Crippen LogP contribution in [0.1, 0.15) is 44.3 Å². The highest BCUT2D eigenvalue weighted by molar-refractivity contribution is 5.00. The fraction of sp³-hybridized carbons (Fsp3) is 0.750. The Balaban J connectivity index is 2.18. The van der Waals surface area contributed by atoms with Crippen molar-refractivity contribution in [1.82, 2.24) is 15.0 Å². The number of hydrogen-bond acceptors (Lipinski definition) is 2. The van der Waals surface area contributed by atoms with Gasteiger partial charge in [-0.3, -0.25) is 0 Å². The average molecular weight is 151 g/mol. The third-order valence-corrected chi connectivity index (χ3v) is 2.04. The van der Waals surface area contributed by atoms with Crippen molar-refractivity contribution in [2.24, 2.45) is 0 Å². The van der Waals surface area contributed by atoms with Crippen LogP contribution in [0.3, 0.4) is 0 Å². The molecular weight excluding hydrogens is 138 g/mol. The van der Waals surface area contributed by atoms with E-state index in [2.05, 4.69) is 30.4 Å². The Morgan fingerprint density at radius 1 is 1.55 bits per heavy atom. The number of aromatic nitrogens is 3.